The van der Waals surface area contributed by atoms with E-state index in [9.17, 15) is 10.1 Å². The summed E-state index contributed by atoms with van der Waals surface area (Å²) in [6.07, 6.45) is 4.51. The average molecular weight is 260 g/mol. The molecule has 6 heteroatoms. The molecule has 1 aromatic carbocycles. The van der Waals surface area contributed by atoms with Gasteiger partial charge in [0, 0.05) is 25.4 Å². The van der Waals surface area contributed by atoms with Crippen LogP contribution in [0.25, 0.3) is 0 Å². The van der Waals surface area contributed by atoms with Gasteiger partial charge < -0.3 is 5.32 Å². The number of benzene rings is 1. The maximum absolute atomic E-state index is 11.0. The summed E-state index contributed by atoms with van der Waals surface area (Å²) in [6.45, 7) is 2.38. The predicted molar refractivity (Wildman–Crippen MR) is 73.2 cm³/mol. The number of aryl methyl sites for hydroxylation is 2. The van der Waals surface area contributed by atoms with Crippen LogP contribution in [0, 0.1) is 17.0 Å². The zero-order valence-electron chi connectivity index (χ0n) is 11.0. The molecule has 2 aromatic rings. The monoisotopic (exact) mass is 260 g/mol. The SMILES string of the molecule is Cc1cccc(NCCc2cnn(C)c2)c1[N+](=O)[O-]. The minimum Gasteiger partial charge on any atom is -0.379 e. The Labute approximate surface area is 111 Å². The number of anilines is 1. The van der Waals surface area contributed by atoms with E-state index in [1.54, 1.807) is 29.9 Å². The van der Waals surface area contributed by atoms with Crippen LogP contribution in [0.5, 0.6) is 0 Å². The normalized spacial score (nSPS) is 10.4. The number of nitro benzene ring substituents is 1. The Balaban J connectivity index is 2.03. The van der Waals surface area contributed by atoms with Crippen molar-refractivity contribution in [3.05, 3.63) is 51.8 Å². The molecule has 19 heavy (non-hydrogen) atoms. The molecule has 6 nitrogen and oxygen atoms in total. The molecule has 2 rings (SSSR count). The summed E-state index contributed by atoms with van der Waals surface area (Å²) < 4.78 is 1.74. The molecule has 1 N–H and O–H groups in total. The van der Waals surface area contributed by atoms with E-state index in [4.69, 9.17) is 0 Å². The Hall–Kier alpha value is -2.37. The fourth-order valence-corrected chi connectivity index (χ4v) is 1.99. The zero-order valence-corrected chi connectivity index (χ0v) is 11.0. The maximum atomic E-state index is 11.0. The van der Waals surface area contributed by atoms with Gasteiger partial charge in [0.1, 0.15) is 5.69 Å². The first-order valence-corrected chi connectivity index (χ1v) is 6.03. The molecule has 0 saturated carbocycles. The minimum absolute atomic E-state index is 0.147. The van der Waals surface area contributed by atoms with Crippen LogP contribution >= 0.6 is 0 Å². The zero-order chi connectivity index (χ0) is 13.8. The smallest absolute Gasteiger partial charge is 0.295 e. The van der Waals surface area contributed by atoms with Crippen LogP contribution in [0.15, 0.2) is 30.6 Å². The molecular formula is C13H16N4O2. The van der Waals surface area contributed by atoms with Gasteiger partial charge in [-0.2, -0.15) is 5.10 Å². The van der Waals surface area contributed by atoms with Gasteiger partial charge in [-0.15, -0.1) is 0 Å². The summed E-state index contributed by atoms with van der Waals surface area (Å²) in [5.74, 6) is 0. The summed E-state index contributed by atoms with van der Waals surface area (Å²) in [6, 6.07) is 5.29. The molecule has 0 aliphatic carbocycles. The number of hydrogen-bond acceptors (Lipinski definition) is 4. The molecule has 0 fully saturated rings. The predicted octanol–water partition coefficient (Wildman–Crippen LogP) is 2.29. The molecule has 1 heterocycles. The van der Waals surface area contributed by atoms with Crippen LogP contribution in [0.2, 0.25) is 0 Å². The van der Waals surface area contributed by atoms with Gasteiger partial charge in [-0.05, 0) is 25.0 Å². The highest BCUT2D eigenvalue weighted by atomic mass is 16.6. The summed E-state index contributed by atoms with van der Waals surface area (Å²) in [4.78, 5) is 10.7. The summed E-state index contributed by atoms with van der Waals surface area (Å²) in [5.41, 5.74) is 2.48. The summed E-state index contributed by atoms with van der Waals surface area (Å²) in [5, 5.41) is 18.2. The second-order valence-electron chi connectivity index (χ2n) is 4.43. The van der Waals surface area contributed by atoms with Gasteiger partial charge in [-0.1, -0.05) is 12.1 Å². The van der Waals surface area contributed by atoms with Crippen molar-refractivity contribution in [2.45, 2.75) is 13.3 Å². The highest BCUT2D eigenvalue weighted by Crippen LogP contribution is 2.27. The van der Waals surface area contributed by atoms with Crippen molar-refractivity contribution in [2.75, 3.05) is 11.9 Å². The van der Waals surface area contributed by atoms with Gasteiger partial charge in [-0.3, -0.25) is 14.8 Å². The van der Waals surface area contributed by atoms with Crippen LogP contribution in [0.1, 0.15) is 11.1 Å². The van der Waals surface area contributed by atoms with E-state index in [1.165, 1.54) is 0 Å². The van der Waals surface area contributed by atoms with Crippen molar-refractivity contribution < 1.29 is 4.92 Å². The molecule has 0 aliphatic rings. The largest absolute Gasteiger partial charge is 0.379 e. The third kappa shape index (κ3) is 3.09. The Bertz CT molecular complexity index is 592. The minimum atomic E-state index is -0.345. The van der Waals surface area contributed by atoms with Crippen molar-refractivity contribution >= 4 is 11.4 Å². The molecule has 1 aromatic heterocycles. The van der Waals surface area contributed by atoms with E-state index in [1.807, 2.05) is 19.3 Å². The van der Waals surface area contributed by atoms with Crippen molar-refractivity contribution in [2.24, 2.45) is 7.05 Å². The topological polar surface area (TPSA) is 73.0 Å². The number of nitro groups is 1. The molecule has 0 spiro atoms. The van der Waals surface area contributed by atoms with Crippen molar-refractivity contribution in [1.82, 2.24) is 9.78 Å². The lowest BCUT2D eigenvalue weighted by Crippen LogP contribution is -2.07. The van der Waals surface area contributed by atoms with Gasteiger partial charge >= 0.3 is 0 Å². The summed E-state index contributed by atoms with van der Waals surface area (Å²) in [7, 11) is 1.86. The Kier molecular flexibility index (Phi) is 3.79. The lowest BCUT2D eigenvalue weighted by atomic mass is 10.1. The summed E-state index contributed by atoms with van der Waals surface area (Å²) >= 11 is 0. The average Bonchev–Trinajstić information content (AvgIpc) is 2.74. The van der Waals surface area contributed by atoms with Crippen LogP contribution in [0.3, 0.4) is 0 Å². The van der Waals surface area contributed by atoms with E-state index < -0.39 is 0 Å². The third-order valence-corrected chi connectivity index (χ3v) is 2.91. The highest BCUT2D eigenvalue weighted by molar-refractivity contribution is 5.64. The van der Waals surface area contributed by atoms with Crippen LogP contribution in [-0.2, 0) is 13.5 Å². The first-order valence-electron chi connectivity index (χ1n) is 6.03. The van der Waals surface area contributed by atoms with Crippen LogP contribution in [-0.4, -0.2) is 21.2 Å². The van der Waals surface area contributed by atoms with Gasteiger partial charge in [0.25, 0.3) is 5.69 Å². The number of aromatic nitrogens is 2. The molecule has 0 unspecified atom stereocenters. The molecule has 0 aliphatic heterocycles. The third-order valence-electron chi connectivity index (χ3n) is 2.91. The molecule has 0 atom stereocenters. The standard InChI is InChI=1S/C13H16N4O2/c1-10-4-3-5-12(13(10)17(18)19)14-7-6-11-8-15-16(2)9-11/h3-5,8-9,14H,6-7H2,1-2H3. The number of para-hydroxylation sites is 1. The Morgan fingerprint density at radius 3 is 2.89 bits per heavy atom. The fourth-order valence-electron chi connectivity index (χ4n) is 1.99. The lowest BCUT2D eigenvalue weighted by Gasteiger charge is -2.07. The first kappa shape index (κ1) is 13.1. The molecule has 0 amide bonds. The Morgan fingerprint density at radius 1 is 1.47 bits per heavy atom. The van der Waals surface area contributed by atoms with Crippen molar-refractivity contribution in [3.63, 3.8) is 0 Å². The molecule has 0 bridgehead atoms. The van der Waals surface area contributed by atoms with E-state index in [0.29, 0.717) is 17.8 Å². The first-order chi connectivity index (χ1) is 9.08. The van der Waals surface area contributed by atoms with Gasteiger partial charge in [-0.25, -0.2) is 0 Å². The second kappa shape index (κ2) is 5.51. The van der Waals surface area contributed by atoms with Crippen LogP contribution in [0.4, 0.5) is 11.4 Å². The maximum Gasteiger partial charge on any atom is 0.295 e. The quantitative estimate of drug-likeness (QED) is 0.661. The number of nitrogens with one attached hydrogen (secondary N) is 1. The van der Waals surface area contributed by atoms with E-state index >= 15 is 0 Å². The second-order valence-corrected chi connectivity index (χ2v) is 4.43. The number of hydrogen-bond donors (Lipinski definition) is 1. The molecular weight excluding hydrogens is 244 g/mol. The molecule has 0 saturated heterocycles. The van der Waals surface area contributed by atoms with Crippen LogP contribution < -0.4 is 5.32 Å². The Morgan fingerprint density at radius 2 is 2.26 bits per heavy atom. The van der Waals surface area contributed by atoms with E-state index in [-0.39, 0.29) is 10.6 Å². The van der Waals surface area contributed by atoms with E-state index in [2.05, 4.69) is 10.4 Å². The van der Waals surface area contributed by atoms with Gasteiger partial charge in [0.2, 0.25) is 0 Å². The molecule has 0 radical (unpaired) electrons. The number of nitrogens with zero attached hydrogens (tertiary/aromatic N) is 3. The van der Waals surface area contributed by atoms with Gasteiger partial charge in [0.15, 0.2) is 0 Å². The van der Waals surface area contributed by atoms with Gasteiger partial charge in [0.05, 0.1) is 11.1 Å². The highest BCUT2D eigenvalue weighted by Gasteiger charge is 2.16. The van der Waals surface area contributed by atoms with E-state index in [0.717, 1.165) is 12.0 Å². The number of rotatable bonds is 5. The lowest BCUT2D eigenvalue weighted by molar-refractivity contribution is -0.384. The van der Waals surface area contributed by atoms with Crippen molar-refractivity contribution in [3.8, 4) is 0 Å². The fraction of sp³-hybridized carbons (Fsp3) is 0.308. The molecule has 100 valence electrons. The van der Waals surface area contributed by atoms with Crippen molar-refractivity contribution in [1.29, 1.82) is 0 Å².